The van der Waals surface area contributed by atoms with Crippen LogP contribution in [0.3, 0.4) is 0 Å². The first-order chi connectivity index (χ1) is 9.80. The van der Waals surface area contributed by atoms with Gasteiger partial charge in [-0.3, -0.25) is 0 Å². The molecule has 1 aromatic carbocycles. The number of hydrogen-bond donors (Lipinski definition) is 1. The van der Waals surface area contributed by atoms with E-state index in [1.54, 1.807) is 0 Å². The zero-order valence-electron chi connectivity index (χ0n) is 12.2. The topological polar surface area (TPSA) is 43.8 Å². The maximum Gasteiger partial charge on any atom is 0.389 e. The molecule has 6 heteroatoms. The van der Waals surface area contributed by atoms with Gasteiger partial charge in [-0.15, -0.1) is 0 Å². The summed E-state index contributed by atoms with van der Waals surface area (Å²) in [6.07, 6.45) is -5.11. The van der Waals surface area contributed by atoms with E-state index in [1.165, 1.54) is 0 Å². The van der Waals surface area contributed by atoms with Crippen LogP contribution in [0.4, 0.5) is 13.2 Å². The molecule has 0 radical (unpaired) electrons. The third-order valence-electron chi connectivity index (χ3n) is 3.31. The van der Waals surface area contributed by atoms with Crippen LogP contribution in [-0.4, -0.2) is 15.7 Å². The zero-order chi connectivity index (χ0) is 15.6. The summed E-state index contributed by atoms with van der Waals surface area (Å²) in [5.41, 5.74) is 8.12. The lowest BCUT2D eigenvalue weighted by molar-refractivity contribution is -0.134. The summed E-state index contributed by atoms with van der Waals surface area (Å²) in [6, 6.07) is 5.64. The molecule has 0 saturated carbocycles. The van der Waals surface area contributed by atoms with E-state index in [4.69, 9.17) is 5.73 Å². The van der Waals surface area contributed by atoms with Crippen LogP contribution in [0.1, 0.15) is 31.7 Å². The van der Waals surface area contributed by atoms with Crippen LogP contribution >= 0.6 is 0 Å². The Morgan fingerprint density at radius 2 is 2.00 bits per heavy atom. The number of aryl methyl sites for hydroxylation is 1. The molecule has 21 heavy (non-hydrogen) atoms. The molecule has 0 aliphatic carbocycles. The lowest BCUT2D eigenvalue weighted by Crippen LogP contribution is -2.13. The molecule has 116 valence electrons. The van der Waals surface area contributed by atoms with Gasteiger partial charge in [0.1, 0.15) is 5.82 Å². The number of halogens is 3. The first-order valence-corrected chi connectivity index (χ1v) is 7.05. The van der Waals surface area contributed by atoms with E-state index in [9.17, 15) is 13.2 Å². The van der Waals surface area contributed by atoms with E-state index >= 15 is 0 Å². The summed E-state index contributed by atoms with van der Waals surface area (Å²) in [6.45, 7) is 5.12. The summed E-state index contributed by atoms with van der Waals surface area (Å²) < 4.78 is 39.3. The molecule has 0 saturated heterocycles. The number of rotatable bonds is 5. The molecule has 1 aromatic heterocycles. The normalized spacial score (nSPS) is 12.5. The number of aromatic nitrogens is 2. The van der Waals surface area contributed by atoms with Gasteiger partial charge in [0, 0.05) is 19.5 Å². The second kappa shape index (κ2) is 6.05. The quantitative estimate of drug-likeness (QED) is 0.916. The van der Waals surface area contributed by atoms with Crippen molar-refractivity contribution in [2.24, 2.45) is 11.7 Å². The maximum atomic E-state index is 12.5. The molecule has 0 unspecified atom stereocenters. The molecule has 3 nitrogen and oxygen atoms in total. The largest absolute Gasteiger partial charge is 0.389 e. The minimum atomic E-state index is -4.16. The second-order valence-corrected chi connectivity index (χ2v) is 5.67. The highest BCUT2D eigenvalue weighted by atomic mass is 19.4. The number of nitrogens with zero attached hydrogens (tertiary/aromatic N) is 2. The number of hydrogen-bond acceptors (Lipinski definition) is 2. The Morgan fingerprint density at radius 3 is 2.57 bits per heavy atom. The van der Waals surface area contributed by atoms with Gasteiger partial charge in [0.2, 0.25) is 0 Å². The average molecular weight is 299 g/mol. The average Bonchev–Trinajstić information content (AvgIpc) is 2.72. The molecule has 2 aromatic rings. The Balaban J connectivity index is 2.41. The number of alkyl halides is 3. The second-order valence-electron chi connectivity index (χ2n) is 5.67. The third kappa shape index (κ3) is 3.97. The van der Waals surface area contributed by atoms with Crippen LogP contribution in [-0.2, 0) is 19.5 Å². The van der Waals surface area contributed by atoms with Gasteiger partial charge in [0.15, 0.2) is 0 Å². The monoisotopic (exact) mass is 299 g/mol. The van der Waals surface area contributed by atoms with Gasteiger partial charge >= 0.3 is 6.18 Å². The third-order valence-corrected chi connectivity index (χ3v) is 3.31. The molecule has 1 heterocycles. The molecule has 0 amide bonds. The highest BCUT2D eigenvalue weighted by Gasteiger charge is 2.28. The minimum absolute atomic E-state index is 0.0944. The number of benzene rings is 1. The standard InChI is InChI=1S/C15H20F3N3/c1-10(2)9-21-13-4-3-11(8-19)7-12(13)20-14(21)5-6-15(16,17)18/h3-4,7,10H,5-6,8-9,19H2,1-2H3. The van der Waals surface area contributed by atoms with Gasteiger partial charge in [-0.1, -0.05) is 19.9 Å². The smallest absolute Gasteiger partial charge is 0.328 e. The van der Waals surface area contributed by atoms with Crippen molar-refractivity contribution in [1.29, 1.82) is 0 Å². The lowest BCUT2D eigenvalue weighted by Gasteiger charge is -2.12. The maximum absolute atomic E-state index is 12.5. The number of imidazole rings is 1. The highest BCUT2D eigenvalue weighted by Crippen LogP contribution is 2.25. The van der Waals surface area contributed by atoms with Gasteiger partial charge in [0.05, 0.1) is 17.5 Å². The molecule has 0 aliphatic heterocycles. The van der Waals surface area contributed by atoms with Gasteiger partial charge in [0.25, 0.3) is 0 Å². The van der Waals surface area contributed by atoms with Crippen molar-refractivity contribution in [2.45, 2.75) is 46.0 Å². The van der Waals surface area contributed by atoms with Crippen molar-refractivity contribution >= 4 is 11.0 Å². The highest BCUT2D eigenvalue weighted by molar-refractivity contribution is 5.77. The minimum Gasteiger partial charge on any atom is -0.328 e. The molecule has 0 aliphatic rings. The van der Waals surface area contributed by atoms with E-state index in [2.05, 4.69) is 4.98 Å². The number of nitrogens with two attached hydrogens (primary N) is 1. The fourth-order valence-corrected chi connectivity index (χ4v) is 2.37. The predicted octanol–water partition coefficient (Wildman–Crippen LogP) is 3.65. The van der Waals surface area contributed by atoms with Crippen molar-refractivity contribution < 1.29 is 13.2 Å². The van der Waals surface area contributed by atoms with Crippen molar-refractivity contribution in [2.75, 3.05) is 0 Å². The van der Waals surface area contributed by atoms with Crippen LogP contribution in [0.25, 0.3) is 11.0 Å². The van der Waals surface area contributed by atoms with E-state index in [1.807, 2.05) is 36.6 Å². The van der Waals surface area contributed by atoms with Crippen molar-refractivity contribution in [1.82, 2.24) is 9.55 Å². The molecule has 2 rings (SSSR count). The van der Waals surface area contributed by atoms with Crippen LogP contribution in [0, 0.1) is 5.92 Å². The summed E-state index contributed by atoms with van der Waals surface area (Å²) in [7, 11) is 0. The van der Waals surface area contributed by atoms with Crippen LogP contribution in [0.5, 0.6) is 0 Å². The van der Waals surface area contributed by atoms with Gasteiger partial charge in [-0.25, -0.2) is 4.98 Å². The van der Waals surface area contributed by atoms with Crippen molar-refractivity contribution in [3.8, 4) is 0 Å². The molecular formula is C15H20F3N3. The Hall–Kier alpha value is -1.56. The van der Waals surface area contributed by atoms with E-state index in [0.29, 0.717) is 24.8 Å². The Bertz CT molecular complexity index is 614. The van der Waals surface area contributed by atoms with E-state index in [0.717, 1.165) is 16.6 Å². The SMILES string of the molecule is CC(C)Cn1c(CCC(F)(F)F)nc2cc(CN)ccc21. The summed E-state index contributed by atoms with van der Waals surface area (Å²) >= 11 is 0. The molecule has 2 N–H and O–H groups in total. The summed E-state index contributed by atoms with van der Waals surface area (Å²) in [5, 5.41) is 0. The van der Waals surface area contributed by atoms with E-state index in [-0.39, 0.29) is 6.42 Å². The predicted molar refractivity (Wildman–Crippen MR) is 76.8 cm³/mol. The van der Waals surface area contributed by atoms with Crippen LogP contribution < -0.4 is 5.73 Å². The molecule has 0 spiro atoms. The molecule has 0 bridgehead atoms. The first-order valence-electron chi connectivity index (χ1n) is 7.05. The summed E-state index contributed by atoms with van der Waals surface area (Å²) in [5.74, 6) is 0.825. The lowest BCUT2D eigenvalue weighted by atomic mass is 10.2. The Kier molecular flexibility index (Phi) is 4.56. The molecule has 0 atom stereocenters. The van der Waals surface area contributed by atoms with Gasteiger partial charge in [-0.2, -0.15) is 13.2 Å². The Morgan fingerprint density at radius 1 is 1.29 bits per heavy atom. The van der Waals surface area contributed by atoms with Crippen molar-refractivity contribution in [3.63, 3.8) is 0 Å². The molecular weight excluding hydrogens is 279 g/mol. The zero-order valence-corrected chi connectivity index (χ0v) is 12.2. The van der Waals surface area contributed by atoms with Crippen LogP contribution in [0.2, 0.25) is 0 Å². The fourth-order valence-electron chi connectivity index (χ4n) is 2.37. The van der Waals surface area contributed by atoms with Crippen LogP contribution in [0.15, 0.2) is 18.2 Å². The van der Waals surface area contributed by atoms with Gasteiger partial charge < -0.3 is 10.3 Å². The first kappa shape index (κ1) is 15.8. The van der Waals surface area contributed by atoms with E-state index < -0.39 is 12.6 Å². The van der Waals surface area contributed by atoms with Crippen molar-refractivity contribution in [3.05, 3.63) is 29.6 Å². The fraction of sp³-hybridized carbons (Fsp3) is 0.533. The summed E-state index contributed by atoms with van der Waals surface area (Å²) in [4.78, 5) is 4.38. The van der Waals surface area contributed by atoms with Gasteiger partial charge in [-0.05, 0) is 23.6 Å². The number of fused-ring (bicyclic) bond motifs is 1. The molecule has 0 fully saturated rings. The Labute approximate surface area is 122 Å².